The molecule has 82 valence electrons. The van der Waals surface area contributed by atoms with Gasteiger partial charge in [-0.3, -0.25) is 4.79 Å². The normalized spacial score (nSPS) is 10.1. The summed E-state index contributed by atoms with van der Waals surface area (Å²) in [6.07, 6.45) is 1.69. The fraction of sp³-hybridized carbons (Fsp3) is 0.417. The number of nitrogens with two attached hydrogens (primary N) is 1. The molecule has 0 aromatic heterocycles. The molecule has 3 nitrogen and oxygen atoms in total. The predicted molar refractivity (Wildman–Crippen MR) is 60.3 cm³/mol. The number of methoxy groups -OCH3 is 1. The number of ether oxygens (including phenoxy) is 1. The standard InChI is InChI=1S/C12H17NO2/c1-4-8-6-9(15-3)7-11(12(13)14)10(8)5-2/h6-7H,4-5H2,1-3H3,(H2,13,14). The molecule has 0 saturated heterocycles. The summed E-state index contributed by atoms with van der Waals surface area (Å²) in [6, 6.07) is 3.67. The van der Waals surface area contributed by atoms with Crippen LogP contribution in [0, 0.1) is 0 Å². The SMILES string of the molecule is CCc1cc(OC)cc(C(N)=O)c1CC. The summed E-state index contributed by atoms with van der Waals surface area (Å²) in [7, 11) is 1.59. The van der Waals surface area contributed by atoms with Gasteiger partial charge in [0.05, 0.1) is 7.11 Å². The number of rotatable bonds is 4. The highest BCUT2D eigenvalue weighted by molar-refractivity contribution is 5.95. The Morgan fingerprint density at radius 1 is 1.33 bits per heavy atom. The molecule has 1 rings (SSSR count). The molecule has 1 aromatic rings. The van der Waals surface area contributed by atoms with Gasteiger partial charge in [0.15, 0.2) is 0 Å². The van der Waals surface area contributed by atoms with Crippen LogP contribution in [0.2, 0.25) is 0 Å². The first-order chi connectivity index (χ1) is 7.13. The van der Waals surface area contributed by atoms with Gasteiger partial charge in [-0.25, -0.2) is 0 Å². The van der Waals surface area contributed by atoms with E-state index in [0.29, 0.717) is 11.3 Å². The van der Waals surface area contributed by atoms with Crippen molar-refractivity contribution < 1.29 is 9.53 Å². The van der Waals surface area contributed by atoms with Gasteiger partial charge in [0.1, 0.15) is 5.75 Å². The molecule has 15 heavy (non-hydrogen) atoms. The lowest BCUT2D eigenvalue weighted by atomic mass is 9.96. The molecule has 0 aliphatic carbocycles. The van der Waals surface area contributed by atoms with Gasteiger partial charge in [-0.2, -0.15) is 0 Å². The van der Waals surface area contributed by atoms with Gasteiger partial charge in [-0.05, 0) is 36.1 Å². The monoisotopic (exact) mass is 207 g/mol. The molecule has 0 radical (unpaired) electrons. The molecule has 0 bridgehead atoms. The quantitative estimate of drug-likeness (QED) is 0.820. The van der Waals surface area contributed by atoms with Crippen molar-refractivity contribution >= 4 is 5.91 Å². The van der Waals surface area contributed by atoms with Crippen molar-refractivity contribution in [2.45, 2.75) is 26.7 Å². The molecule has 0 heterocycles. The molecule has 1 aromatic carbocycles. The Morgan fingerprint density at radius 3 is 2.40 bits per heavy atom. The average Bonchev–Trinajstić information content (AvgIpc) is 2.26. The zero-order valence-corrected chi connectivity index (χ0v) is 9.46. The van der Waals surface area contributed by atoms with Gasteiger partial charge in [-0.1, -0.05) is 13.8 Å². The minimum atomic E-state index is -0.388. The third kappa shape index (κ3) is 2.29. The van der Waals surface area contributed by atoms with Gasteiger partial charge in [0.2, 0.25) is 5.91 Å². The first kappa shape index (κ1) is 11.6. The maximum atomic E-state index is 11.3. The summed E-state index contributed by atoms with van der Waals surface area (Å²) in [6.45, 7) is 4.08. The Bertz CT molecular complexity index is 372. The van der Waals surface area contributed by atoms with Crippen LogP contribution in [0.1, 0.15) is 35.3 Å². The fourth-order valence-corrected chi connectivity index (χ4v) is 1.77. The second kappa shape index (κ2) is 4.82. The van der Waals surface area contributed by atoms with Crippen molar-refractivity contribution in [2.75, 3.05) is 7.11 Å². The van der Waals surface area contributed by atoms with Crippen LogP contribution in [-0.4, -0.2) is 13.0 Å². The maximum absolute atomic E-state index is 11.3. The number of carbonyl (C=O) groups is 1. The van der Waals surface area contributed by atoms with Gasteiger partial charge in [-0.15, -0.1) is 0 Å². The van der Waals surface area contributed by atoms with Gasteiger partial charge >= 0.3 is 0 Å². The Labute approximate surface area is 90.2 Å². The first-order valence-electron chi connectivity index (χ1n) is 5.13. The molecule has 0 aliphatic heterocycles. The summed E-state index contributed by atoms with van der Waals surface area (Å²) in [5.74, 6) is 0.304. The molecular weight excluding hydrogens is 190 g/mol. The number of amides is 1. The van der Waals surface area contributed by atoms with Crippen LogP contribution in [-0.2, 0) is 12.8 Å². The van der Waals surface area contributed by atoms with E-state index in [2.05, 4.69) is 6.92 Å². The summed E-state index contributed by atoms with van der Waals surface area (Å²) < 4.78 is 5.14. The number of aryl methyl sites for hydroxylation is 1. The Morgan fingerprint density at radius 2 is 2.00 bits per heavy atom. The third-order valence-corrected chi connectivity index (χ3v) is 2.55. The molecule has 2 N–H and O–H groups in total. The van der Waals surface area contributed by atoms with Crippen LogP contribution < -0.4 is 10.5 Å². The number of hydrogen-bond acceptors (Lipinski definition) is 2. The van der Waals surface area contributed by atoms with Crippen LogP contribution >= 0.6 is 0 Å². The van der Waals surface area contributed by atoms with Crippen LogP contribution in [0.25, 0.3) is 0 Å². The van der Waals surface area contributed by atoms with Crippen LogP contribution in [0.15, 0.2) is 12.1 Å². The maximum Gasteiger partial charge on any atom is 0.249 e. The molecule has 0 fully saturated rings. The molecule has 1 amide bonds. The van der Waals surface area contributed by atoms with Gasteiger partial charge in [0, 0.05) is 5.56 Å². The van der Waals surface area contributed by atoms with E-state index < -0.39 is 0 Å². The lowest BCUT2D eigenvalue weighted by molar-refractivity contribution is 0.0999. The zero-order chi connectivity index (χ0) is 11.4. The van der Waals surface area contributed by atoms with Crippen LogP contribution in [0.5, 0.6) is 5.75 Å². The van der Waals surface area contributed by atoms with Crippen LogP contribution in [0.4, 0.5) is 0 Å². The number of carbonyl (C=O) groups excluding carboxylic acids is 1. The summed E-state index contributed by atoms with van der Waals surface area (Å²) in [5, 5.41) is 0. The molecule has 0 aliphatic rings. The van der Waals surface area contributed by atoms with E-state index in [-0.39, 0.29) is 5.91 Å². The highest BCUT2D eigenvalue weighted by Crippen LogP contribution is 2.23. The van der Waals surface area contributed by atoms with Crippen molar-refractivity contribution in [2.24, 2.45) is 5.73 Å². The molecule has 0 spiro atoms. The largest absolute Gasteiger partial charge is 0.497 e. The zero-order valence-electron chi connectivity index (χ0n) is 9.46. The smallest absolute Gasteiger partial charge is 0.249 e. The van der Waals surface area contributed by atoms with E-state index >= 15 is 0 Å². The van der Waals surface area contributed by atoms with Crippen molar-refractivity contribution in [3.8, 4) is 5.75 Å². The Kier molecular flexibility index (Phi) is 3.72. The van der Waals surface area contributed by atoms with Crippen molar-refractivity contribution in [1.29, 1.82) is 0 Å². The molecule has 3 heteroatoms. The number of benzene rings is 1. The third-order valence-electron chi connectivity index (χ3n) is 2.55. The minimum absolute atomic E-state index is 0.388. The average molecular weight is 207 g/mol. The van der Waals surface area contributed by atoms with Crippen LogP contribution in [0.3, 0.4) is 0 Å². The van der Waals surface area contributed by atoms with E-state index in [1.165, 1.54) is 0 Å². The second-order valence-corrected chi connectivity index (χ2v) is 3.38. The minimum Gasteiger partial charge on any atom is -0.497 e. The summed E-state index contributed by atoms with van der Waals surface area (Å²) in [4.78, 5) is 11.3. The summed E-state index contributed by atoms with van der Waals surface area (Å²) in [5.41, 5.74) is 8.08. The van der Waals surface area contributed by atoms with Crippen molar-refractivity contribution in [3.63, 3.8) is 0 Å². The summed E-state index contributed by atoms with van der Waals surface area (Å²) >= 11 is 0. The Hall–Kier alpha value is -1.51. The Balaban J connectivity index is 3.39. The van der Waals surface area contributed by atoms with E-state index in [0.717, 1.165) is 24.0 Å². The van der Waals surface area contributed by atoms with E-state index in [1.54, 1.807) is 13.2 Å². The van der Waals surface area contributed by atoms with E-state index in [4.69, 9.17) is 10.5 Å². The molecule has 0 unspecified atom stereocenters. The molecule has 0 atom stereocenters. The van der Waals surface area contributed by atoms with Gasteiger partial charge < -0.3 is 10.5 Å². The topological polar surface area (TPSA) is 52.3 Å². The predicted octanol–water partition coefficient (Wildman–Crippen LogP) is 1.92. The van der Waals surface area contributed by atoms with Crippen molar-refractivity contribution in [3.05, 3.63) is 28.8 Å². The molecular formula is C12H17NO2. The molecule has 0 saturated carbocycles. The van der Waals surface area contributed by atoms with Crippen molar-refractivity contribution in [1.82, 2.24) is 0 Å². The van der Waals surface area contributed by atoms with Gasteiger partial charge in [0.25, 0.3) is 0 Å². The lowest BCUT2D eigenvalue weighted by Crippen LogP contribution is -2.15. The number of primary amides is 1. The van der Waals surface area contributed by atoms with E-state index in [1.807, 2.05) is 13.0 Å². The lowest BCUT2D eigenvalue weighted by Gasteiger charge is -2.12. The highest BCUT2D eigenvalue weighted by atomic mass is 16.5. The highest BCUT2D eigenvalue weighted by Gasteiger charge is 2.12. The fourth-order valence-electron chi connectivity index (χ4n) is 1.77. The van der Waals surface area contributed by atoms with E-state index in [9.17, 15) is 4.79 Å². The number of hydrogen-bond donors (Lipinski definition) is 1. The first-order valence-corrected chi connectivity index (χ1v) is 5.13. The second-order valence-electron chi connectivity index (χ2n) is 3.38.